The SMILES string of the molecule is COc1cc[n+](B(c2ccccc2)c2ccccc2)cc1. The summed E-state index contributed by atoms with van der Waals surface area (Å²) in [6.45, 7) is 0.165. The number of nitrogens with zero attached hydrogens (tertiary/aromatic N) is 1. The van der Waals surface area contributed by atoms with Crippen LogP contribution >= 0.6 is 0 Å². The number of methoxy groups -OCH3 is 1. The van der Waals surface area contributed by atoms with Gasteiger partial charge in [-0.2, -0.15) is 0 Å². The highest BCUT2D eigenvalue weighted by Crippen LogP contribution is 2.04. The van der Waals surface area contributed by atoms with Gasteiger partial charge in [0.2, 0.25) is 0 Å². The molecule has 2 aromatic carbocycles. The second kappa shape index (κ2) is 6.27. The van der Waals surface area contributed by atoms with Crippen molar-refractivity contribution in [2.24, 2.45) is 0 Å². The molecule has 0 fully saturated rings. The average molecular weight is 274 g/mol. The number of ether oxygens (including phenoxy) is 1. The van der Waals surface area contributed by atoms with Gasteiger partial charge in [0.15, 0.2) is 0 Å². The molecule has 0 N–H and O–H groups in total. The fraction of sp³-hybridized carbons (Fsp3) is 0.0556. The van der Waals surface area contributed by atoms with Crippen LogP contribution in [0.4, 0.5) is 0 Å². The molecule has 2 nitrogen and oxygen atoms in total. The summed E-state index contributed by atoms with van der Waals surface area (Å²) in [5.74, 6) is 0.867. The van der Waals surface area contributed by atoms with Crippen molar-refractivity contribution in [2.45, 2.75) is 0 Å². The molecule has 0 spiro atoms. The molecule has 3 rings (SSSR count). The van der Waals surface area contributed by atoms with E-state index in [1.807, 2.05) is 24.3 Å². The maximum atomic E-state index is 5.25. The minimum absolute atomic E-state index is 0.165. The number of rotatable bonds is 4. The molecule has 0 amide bonds. The summed E-state index contributed by atoms with van der Waals surface area (Å²) in [7, 11) is 1.69. The Kier molecular flexibility index (Phi) is 4.01. The van der Waals surface area contributed by atoms with Gasteiger partial charge in [-0.05, 0) is 0 Å². The topological polar surface area (TPSA) is 13.1 Å². The molecule has 0 bridgehead atoms. The van der Waals surface area contributed by atoms with Crippen LogP contribution in [-0.2, 0) is 0 Å². The van der Waals surface area contributed by atoms with Crippen LogP contribution in [0.5, 0.6) is 5.75 Å². The molecule has 21 heavy (non-hydrogen) atoms. The number of hydrogen-bond donors (Lipinski definition) is 0. The van der Waals surface area contributed by atoms with E-state index in [0.717, 1.165) is 5.75 Å². The standard InChI is InChI=1S/C18H17BNO/c1-21-18-12-14-20(15-13-18)19(16-8-4-2-5-9-16)17-10-6-3-7-11-17/h2-15H,1H3/q+1. The normalized spacial score (nSPS) is 10.1. The summed E-state index contributed by atoms with van der Waals surface area (Å²) in [5, 5.41) is 0. The summed E-state index contributed by atoms with van der Waals surface area (Å²) in [6, 6.07) is 25.0. The number of benzene rings is 2. The van der Waals surface area contributed by atoms with Crippen LogP contribution in [0.25, 0.3) is 0 Å². The highest BCUT2D eigenvalue weighted by Gasteiger charge is 2.33. The lowest BCUT2D eigenvalue weighted by atomic mass is 9.50. The third-order valence-corrected chi connectivity index (χ3v) is 3.59. The Bertz CT molecular complexity index is 644. The molecule has 1 heterocycles. The van der Waals surface area contributed by atoms with Crippen molar-refractivity contribution in [1.29, 1.82) is 0 Å². The van der Waals surface area contributed by atoms with Crippen LogP contribution in [0.3, 0.4) is 0 Å². The van der Waals surface area contributed by atoms with Gasteiger partial charge >= 0.3 is 6.85 Å². The smallest absolute Gasteiger partial charge is 0.496 e. The van der Waals surface area contributed by atoms with Crippen LogP contribution in [0, 0.1) is 0 Å². The average Bonchev–Trinajstić information content (AvgIpc) is 2.58. The van der Waals surface area contributed by atoms with Gasteiger partial charge in [0.1, 0.15) is 18.1 Å². The van der Waals surface area contributed by atoms with Crippen molar-refractivity contribution in [3.05, 3.63) is 85.2 Å². The fourth-order valence-electron chi connectivity index (χ4n) is 2.54. The summed E-state index contributed by atoms with van der Waals surface area (Å²) < 4.78 is 7.45. The molecule has 0 aliphatic rings. The van der Waals surface area contributed by atoms with Crippen molar-refractivity contribution in [1.82, 2.24) is 0 Å². The van der Waals surface area contributed by atoms with Gasteiger partial charge in [-0.1, -0.05) is 60.7 Å². The van der Waals surface area contributed by atoms with Gasteiger partial charge in [-0.3, -0.25) is 4.48 Å². The molecule has 0 saturated heterocycles. The largest absolute Gasteiger partial charge is 0.558 e. The lowest BCUT2D eigenvalue weighted by molar-refractivity contribution is -0.533. The maximum absolute atomic E-state index is 5.25. The first-order chi connectivity index (χ1) is 10.4. The zero-order valence-corrected chi connectivity index (χ0v) is 12.0. The summed E-state index contributed by atoms with van der Waals surface area (Å²) in [5.41, 5.74) is 2.53. The Morgan fingerprint density at radius 1 is 0.714 bits per heavy atom. The van der Waals surface area contributed by atoms with Gasteiger partial charge in [0.05, 0.1) is 7.11 Å². The molecule has 0 aliphatic heterocycles. The van der Waals surface area contributed by atoms with Crippen molar-refractivity contribution in [3.63, 3.8) is 0 Å². The van der Waals surface area contributed by atoms with Crippen molar-refractivity contribution >= 4 is 17.8 Å². The fourth-order valence-corrected chi connectivity index (χ4v) is 2.54. The molecule has 0 unspecified atom stereocenters. The third-order valence-electron chi connectivity index (χ3n) is 3.59. The van der Waals surface area contributed by atoms with Gasteiger partial charge in [-0.25, -0.2) is 0 Å². The molecule has 102 valence electrons. The van der Waals surface area contributed by atoms with E-state index in [9.17, 15) is 0 Å². The number of aromatic nitrogens is 1. The minimum atomic E-state index is 0.165. The van der Waals surface area contributed by atoms with E-state index in [1.54, 1.807) is 7.11 Å². The third kappa shape index (κ3) is 2.97. The molecular formula is C18H17BNO+. The number of hydrogen-bond acceptors (Lipinski definition) is 1. The number of pyridine rings is 1. The predicted octanol–water partition coefficient (Wildman–Crippen LogP) is 1.64. The molecule has 3 heteroatoms. The van der Waals surface area contributed by atoms with E-state index < -0.39 is 0 Å². The molecule has 0 saturated carbocycles. The lowest BCUT2D eigenvalue weighted by Crippen LogP contribution is -2.65. The van der Waals surface area contributed by atoms with E-state index in [1.165, 1.54) is 10.9 Å². The van der Waals surface area contributed by atoms with Crippen LogP contribution < -0.4 is 20.1 Å². The summed E-state index contributed by atoms with van der Waals surface area (Å²) in [4.78, 5) is 0. The van der Waals surface area contributed by atoms with Gasteiger partial charge in [0, 0.05) is 23.1 Å². The molecule has 3 aromatic rings. The monoisotopic (exact) mass is 274 g/mol. The first-order valence-electron chi connectivity index (χ1n) is 7.03. The molecule has 0 atom stereocenters. The Labute approximate surface area is 125 Å². The summed E-state index contributed by atoms with van der Waals surface area (Å²) in [6.07, 6.45) is 4.12. The predicted molar refractivity (Wildman–Crippen MR) is 86.5 cm³/mol. The summed E-state index contributed by atoms with van der Waals surface area (Å²) >= 11 is 0. The van der Waals surface area contributed by atoms with E-state index in [4.69, 9.17) is 4.74 Å². The zero-order valence-electron chi connectivity index (χ0n) is 12.0. The van der Waals surface area contributed by atoms with E-state index >= 15 is 0 Å². The molecule has 0 radical (unpaired) electrons. The second-order valence-electron chi connectivity index (χ2n) is 4.91. The molecule has 1 aromatic heterocycles. The highest BCUT2D eigenvalue weighted by molar-refractivity contribution is 6.78. The first-order valence-corrected chi connectivity index (χ1v) is 7.03. The second-order valence-corrected chi connectivity index (χ2v) is 4.91. The van der Waals surface area contributed by atoms with Crippen LogP contribution in [0.15, 0.2) is 85.2 Å². The molecular weight excluding hydrogens is 257 g/mol. The van der Waals surface area contributed by atoms with Crippen molar-refractivity contribution in [3.8, 4) is 5.75 Å². The quantitative estimate of drug-likeness (QED) is 0.659. The Hall–Kier alpha value is -2.55. The van der Waals surface area contributed by atoms with Gasteiger partial charge in [0.25, 0.3) is 0 Å². The van der Waals surface area contributed by atoms with Crippen LogP contribution in [0.1, 0.15) is 0 Å². The van der Waals surface area contributed by atoms with Gasteiger partial charge in [-0.15, -0.1) is 0 Å². The van der Waals surface area contributed by atoms with Gasteiger partial charge < -0.3 is 4.74 Å². The molecule has 0 aliphatic carbocycles. The Morgan fingerprint density at radius 3 is 1.62 bits per heavy atom. The Morgan fingerprint density at radius 2 is 1.19 bits per heavy atom. The van der Waals surface area contributed by atoms with E-state index in [0.29, 0.717) is 0 Å². The van der Waals surface area contributed by atoms with Crippen molar-refractivity contribution < 1.29 is 9.21 Å². The van der Waals surface area contributed by atoms with Crippen LogP contribution in [0.2, 0.25) is 0 Å². The van der Waals surface area contributed by atoms with Crippen molar-refractivity contribution in [2.75, 3.05) is 7.11 Å². The highest BCUT2D eigenvalue weighted by atomic mass is 16.5. The van der Waals surface area contributed by atoms with Crippen LogP contribution in [-0.4, -0.2) is 14.0 Å². The maximum Gasteiger partial charge on any atom is 0.558 e. The first kappa shape index (κ1) is 13.4. The Balaban J connectivity index is 2.07. The van der Waals surface area contributed by atoms with E-state index in [2.05, 4.69) is 65.4 Å². The minimum Gasteiger partial charge on any atom is -0.496 e. The van der Waals surface area contributed by atoms with E-state index in [-0.39, 0.29) is 6.85 Å². The lowest BCUT2D eigenvalue weighted by Gasteiger charge is -2.08. The zero-order chi connectivity index (χ0) is 14.5.